The molecule has 1 aliphatic rings. The molecule has 1 saturated heterocycles. The van der Waals surface area contributed by atoms with Crippen molar-refractivity contribution in [3.8, 4) is 0 Å². The molecule has 0 atom stereocenters. The Labute approximate surface area is 126 Å². The van der Waals surface area contributed by atoms with Gasteiger partial charge < -0.3 is 10.6 Å². The Bertz CT molecular complexity index is 625. The van der Waals surface area contributed by atoms with Crippen molar-refractivity contribution in [2.75, 3.05) is 38.2 Å². The van der Waals surface area contributed by atoms with Gasteiger partial charge in [0, 0.05) is 36.3 Å². The van der Waals surface area contributed by atoms with E-state index in [-0.39, 0.29) is 5.91 Å². The predicted octanol–water partition coefficient (Wildman–Crippen LogP) is 0.749. The van der Waals surface area contributed by atoms with E-state index in [4.69, 9.17) is 5.73 Å². The minimum absolute atomic E-state index is 0.141. The fourth-order valence-electron chi connectivity index (χ4n) is 2.10. The third-order valence-corrected chi connectivity index (χ3v) is 5.21. The maximum Gasteiger partial charge on any atom is 0.255 e. The summed E-state index contributed by atoms with van der Waals surface area (Å²) in [6.45, 7) is 1.41. The maximum absolute atomic E-state index is 12.4. The van der Waals surface area contributed by atoms with E-state index in [2.05, 4.69) is 15.9 Å². The zero-order valence-corrected chi connectivity index (χ0v) is 13.4. The number of sulfonamides is 1. The summed E-state index contributed by atoms with van der Waals surface area (Å²) < 4.78 is 24.9. The Morgan fingerprint density at radius 2 is 1.85 bits per heavy atom. The number of halogens is 1. The van der Waals surface area contributed by atoms with E-state index >= 15 is 0 Å². The number of benzene rings is 1. The van der Waals surface area contributed by atoms with Gasteiger partial charge in [0.25, 0.3) is 5.91 Å². The third kappa shape index (κ3) is 3.31. The molecule has 2 rings (SSSR count). The van der Waals surface area contributed by atoms with Crippen LogP contribution in [0.1, 0.15) is 10.4 Å². The fraction of sp³-hybridized carbons (Fsp3) is 0.417. The highest BCUT2D eigenvalue weighted by atomic mass is 79.9. The number of piperazine rings is 1. The smallest absolute Gasteiger partial charge is 0.255 e. The Morgan fingerprint density at radius 3 is 2.40 bits per heavy atom. The Kier molecular flexibility index (Phi) is 4.36. The van der Waals surface area contributed by atoms with Crippen LogP contribution in [0.15, 0.2) is 22.7 Å². The molecule has 110 valence electrons. The van der Waals surface area contributed by atoms with Crippen molar-refractivity contribution in [3.63, 3.8) is 0 Å². The van der Waals surface area contributed by atoms with E-state index < -0.39 is 10.0 Å². The van der Waals surface area contributed by atoms with Crippen LogP contribution in [-0.4, -0.2) is 56.0 Å². The van der Waals surface area contributed by atoms with Crippen LogP contribution in [0.5, 0.6) is 0 Å². The standard InChI is InChI=1S/C12H16BrN3O3S/c1-20(18,19)16-6-4-15(5-7-16)12(17)10-8-9(14)2-3-11(10)13/h2-3,8H,4-7,14H2,1H3. The van der Waals surface area contributed by atoms with Crippen LogP contribution in [-0.2, 0) is 10.0 Å². The lowest BCUT2D eigenvalue weighted by Crippen LogP contribution is -2.50. The summed E-state index contributed by atoms with van der Waals surface area (Å²) in [6, 6.07) is 5.06. The van der Waals surface area contributed by atoms with Gasteiger partial charge in [0.15, 0.2) is 0 Å². The first-order valence-electron chi connectivity index (χ1n) is 6.08. The molecule has 2 N–H and O–H groups in total. The fourth-order valence-corrected chi connectivity index (χ4v) is 3.34. The number of hydrogen-bond donors (Lipinski definition) is 1. The van der Waals surface area contributed by atoms with Gasteiger partial charge in [-0.05, 0) is 34.1 Å². The minimum Gasteiger partial charge on any atom is -0.399 e. The Hall–Kier alpha value is -1.12. The summed E-state index contributed by atoms with van der Waals surface area (Å²) in [4.78, 5) is 14.0. The number of nitrogens with zero attached hydrogens (tertiary/aromatic N) is 2. The molecule has 1 aliphatic heterocycles. The summed E-state index contributed by atoms with van der Waals surface area (Å²) in [6.07, 6.45) is 1.18. The maximum atomic E-state index is 12.4. The van der Waals surface area contributed by atoms with Crippen LogP contribution in [0.2, 0.25) is 0 Å². The minimum atomic E-state index is -3.19. The van der Waals surface area contributed by atoms with Gasteiger partial charge in [0.2, 0.25) is 10.0 Å². The number of amides is 1. The van der Waals surface area contributed by atoms with Crippen LogP contribution in [0.4, 0.5) is 5.69 Å². The van der Waals surface area contributed by atoms with E-state index in [1.807, 2.05) is 0 Å². The van der Waals surface area contributed by atoms with Crippen molar-refractivity contribution in [2.45, 2.75) is 0 Å². The molecular weight excluding hydrogens is 346 g/mol. The molecule has 1 amide bonds. The Balaban J connectivity index is 2.11. The quantitative estimate of drug-likeness (QED) is 0.787. The van der Waals surface area contributed by atoms with Crippen molar-refractivity contribution in [2.24, 2.45) is 0 Å². The molecule has 0 aromatic heterocycles. The number of nitrogen functional groups attached to an aromatic ring is 1. The molecule has 1 aromatic carbocycles. The van der Waals surface area contributed by atoms with Gasteiger partial charge in [-0.3, -0.25) is 4.79 Å². The monoisotopic (exact) mass is 361 g/mol. The van der Waals surface area contributed by atoms with Gasteiger partial charge in [-0.15, -0.1) is 0 Å². The molecule has 1 fully saturated rings. The number of carbonyl (C=O) groups is 1. The molecule has 0 bridgehead atoms. The van der Waals surface area contributed by atoms with Gasteiger partial charge >= 0.3 is 0 Å². The zero-order chi connectivity index (χ0) is 14.9. The molecule has 0 unspecified atom stereocenters. The highest BCUT2D eigenvalue weighted by Crippen LogP contribution is 2.22. The van der Waals surface area contributed by atoms with Crippen molar-refractivity contribution in [1.82, 2.24) is 9.21 Å². The van der Waals surface area contributed by atoms with Gasteiger partial charge in [0.1, 0.15) is 0 Å². The van der Waals surface area contributed by atoms with E-state index in [1.165, 1.54) is 10.6 Å². The van der Waals surface area contributed by atoms with Crippen LogP contribution in [0, 0.1) is 0 Å². The predicted molar refractivity (Wildman–Crippen MR) is 80.9 cm³/mol. The van der Waals surface area contributed by atoms with Gasteiger partial charge in [0.05, 0.1) is 11.8 Å². The van der Waals surface area contributed by atoms with Gasteiger partial charge in [-0.25, -0.2) is 8.42 Å². The van der Waals surface area contributed by atoms with Gasteiger partial charge in [-0.1, -0.05) is 0 Å². The van der Waals surface area contributed by atoms with Crippen LogP contribution >= 0.6 is 15.9 Å². The lowest BCUT2D eigenvalue weighted by molar-refractivity contribution is 0.0697. The molecule has 1 heterocycles. The lowest BCUT2D eigenvalue weighted by Gasteiger charge is -2.33. The second kappa shape index (κ2) is 5.71. The molecule has 0 saturated carbocycles. The lowest BCUT2D eigenvalue weighted by atomic mass is 10.1. The van der Waals surface area contributed by atoms with Crippen molar-refractivity contribution < 1.29 is 13.2 Å². The third-order valence-electron chi connectivity index (χ3n) is 3.22. The second-order valence-electron chi connectivity index (χ2n) is 4.69. The summed E-state index contributed by atoms with van der Waals surface area (Å²) in [7, 11) is -3.19. The molecule has 20 heavy (non-hydrogen) atoms. The normalized spacial score (nSPS) is 17.2. The largest absolute Gasteiger partial charge is 0.399 e. The molecule has 0 spiro atoms. The first-order valence-corrected chi connectivity index (χ1v) is 8.72. The molecule has 0 radical (unpaired) electrons. The number of nitrogens with two attached hydrogens (primary N) is 1. The topological polar surface area (TPSA) is 83.7 Å². The second-order valence-corrected chi connectivity index (χ2v) is 7.53. The van der Waals surface area contributed by atoms with Gasteiger partial charge in [-0.2, -0.15) is 4.31 Å². The number of rotatable bonds is 2. The van der Waals surface area contributed by atoms with Crippen LogP contribution < -0.4 is 5.73 Å². The van der Waals surface area contributed by atoms with E-state index in [1.54, 1.807) is 23.1 Å². The summed E-state index contributed by atoms with van der Waals surface area (Å²) in [5.74, 6) is -0.141. The average molecular weight is 362 g/mol. The van der Waals surface area contributed by atoms with E-state index in [0.717, 1.165) is 0 Å². The highest BCUT2D eigenvalue weighted by molar-refractivity contribution is 9.10. The van der Waals surface area contributed by atoms with E-state index in [0.29, 0.717) is 41.9 Å². The SMILES string of the molecule is CS(=O)(=O)N1CCN(C(=O)c2cc(N)ccc2Br)CC1. The average Bonchev–Trinajstić information content (AvgIpc) is 2.40. The molecule has 8 heteroatoms. The number of hydrogen-bond acceptors (Lipinski definition) is 4. The molecular formula is C12H16BrN3O3S. The van der Waals surface area contributed by atoms with Crippen molar-refractivity contribution in [3.05, 3.63) is 28.2 Å². The Morgan fingerprint density at radius 1 is 1.25 bits per heavy atom. The van der Waals surface area contributed by atoms with Crippen molar-refractivity contribution in [1.29, 1.82) is 0 Å². The summed E-state index contributed by atoms with van der Waals surface area (Å²) in [5.41, 5.74) is 6.71. The highest BCUT2D eigenvalue weighted by Gasteiger charge is 2.27. The summed E-state index contributed by atoms with van der Waals surface area (Å²) in [5, 5.41) is 0. The van der Waals surface area contributed by atoms with Crippen LogP contribution in [0.3, 0.4) is 0 Å². The first-order chi connectivity index (χ1) is 9.29. The molecule has 0 aliphatic carbocycles. The first kappa shape index (κ1) is 15.3. The summed E-state index contributed by atoms with van der Waals surface area (Å²) >= 11 is 3.33. The zero-order valence-electron chi connectivity index (χ0n) is 11.0. The number of carbonyl (C=O) groups excluding carboxylic acids is 1. The van der Waals surface area contributed by atoms with Crippen molar-refractivity contribution >= 4 is 37.5 Å². The number of anilines is 1. The van der Waals surface area contributed by atoms with Crippen LogP contribution in [0.25, 0.3) is 0 Å². The molecule has 1 aromatic rings. The molecule has 6 nitrogen and oxygen atoms in total. The van der Waals surface area contributed by atoms with E-state index in [9.17, 15) is 13.2 Å².